The number of carbonyl (C=O) groups is 2. The summed E-state index contributed by atoms with van der Waals surface area (Å²) in [6, 6.07) is -0.228. The largest absolute Gasteiger partial charge is 0.368 e. The van der Waals surface area contributed by atoms with Crippen LogP contribution < -0.4 is 5.73 Å². The molecule has 0 bridgehead atoms. The molecule has 0 unspecified atom stereocenters. The van der Waals surface area contributed by atoms with E-state index in [1.165, 1.54) is 17.5 Å². The lowest BCUT2D eigenvalue weighted by Crippen LogP contribution is -2.60. The number of nitrogens with two attached hydrogens (primary N) is 1. The molecule has 0 aliphatic carbocycles. The first kappa shape index (κ1) is 14.0. The van der Waals surface area contributed by atoms with Crippen LogP contribution in [0.3, 0.4) is 0 Å². The van der Waals surface area contributed by atoms with E-state index in [0.29, 0.717) is 24.0 Å². The third-order valence-electron chi connectivity index (χ3n) is 3.37. The zero-order valence-corrected chi connectivity index (χ0v) is 11.9. The van der Waals surface area contributed by atoms with Gasteiger partial charge in [0.2, 0.25) is 5.91 Å². The van der Waals surface area contributed by atoms with E-state index < -0.39 is 11.9 Å². The minimum Gasteiger partial charge on any atom is -0.368 e. The fourth-order valence-electron chi connectivity index (χ4n) is 2.22. The molecule has 1 aromatic heterocycles. The normalized spacial score (nSPS) is 20.8. The molecule has 104 valence electrons. The standard InChI is InChI=1S/C12H18N4O2S/c1-8(2)15-3-4-16(9(6-15)11(13)17)12(18)10-5-14-7-19-10/h5,7-9H,3-4,6H2,1-2H3,(H2,13,17)/t9-/m1/s1. The van der Waals surface area contributed by atoms with Gasteiger partial charge in [0.15, 0.2) is 0 Å². The van der Waals surface area contributed by atoms with Crippen LogP contribution in [0, 0.1) is 0 Å². The molecule has 19 heavy (non-hydrogen) atoms. The van der Waals surface area contributed by atoms with E-state index in [1.807, 2.05) is 0 Å². The van der Waals surface area contributed by atoms with Crippen LogP contribution in [-0.4, -0.2) is 58.3 Å². The quantitative estimate of drug-likeness (QED) is 0.856. The van der Waals surface area contributed by atoms with E-state index in [0.717, 1.165) is 6.54 Å². The van der Waals surface area contributed by atoms with Gasteiger partial charge in [0.1, 0.15) is 10.9 Å². The number of aromatic nitrogens is 1. The fourth-order valence-corrected chi connectivity index (χ4v) is 2.80. The third-order valence-corrected chi connectivity index (χ3v) is 4.14. The molecule has 2 N–H and O–H groups in total. The average Bonchev–Trinajstić information content (AvgIpc) is 2.90. The summed E-state index contributed by atoms with van der Waals surface area (Å²) in [6.07, 6.45) is 1.53. The highest BCUT2D eigenvalue weighted by molar-refractivity contribution is 7.11. The van der Waals surface area contributed by atoms with Crippen molar-refractivity contribution in [2.75, 3.05) is 19.6 Å². The van der Waals surface area contributed by atoms with Crippen LogP contribution in [-0.2, 0) is 4.79 Å². The average molecular weight is 282 g/mol. The molecule has 2 heterocycles. The monoisotopic (exact) mass is 282 g/mol. The zero-order chi connectivity index (χ0) is 14.0. The Balaban J connectivity index is 2.16. The van der Waals surface area contributed by atoms with Gasteiger partial charge in [-0.05, 0) is 13.8 Å². The predicted molar refractivity (Wildman–Crippen MR) is 72.8 cm³/mol. The summed E-state index contributed by atoms with van der Waals surface area (Å²) in [5.41, 5.74) is 7.05. The van der Waals surface area contributed by atoms with Crippen LogP contribution in [0.4, 0.5) is 0 Å². The van der Waals surface area contributed by atoms with Gasteiger partial charge in [-0.25, -0.2) is 0 Å². The van der Waals surface area contributed by atoms with Gasteiger partial charge in [-0.1, -0.05) is 0 Å². The number of rotatable bonds is 3. The Morgan fingerprint density at radius 1 is 1.47 bits per heavy atom. The van der Waals surface area contributed by atoms with E-state index in [4.69, 9.17) is 5.73 Å². The maximum absolute atomic E-state index is 12.3. The lowest BCUT2D eigenvalue weighted by Gasteiger charge is -2.41. The van der Waals surface area contributed by atoms with Crippen molar-refractivity contribution in [2.24, 2.45) is 5.73 Å². The summed E-state index contributed by atoms with van der Waals surface area (Å²) >= 11 is 1.28. The molecule has 6 nitrogen and oxygen atoms in total. The molecule has 1 aliphatic rings. The molecule has 1 atom stereocenters. The lowest BCUT2D eigenvalue weighted by molar-refractivity contribution is -0.124. The molecule has 7 heteroatoms. The fraction of sp³-hybridized carbons (Fsp3) is 0.583. The number of piperazine rings is 1. The first-order valence-electron chi connectivity index (χ1n) is 6.23. The highest BCUT2D eigenvalue weighted by Crippen LogP contribution is 2.17. The van der Waals surface area contributed by atoms with Gasteiger partial charge in [0.25, 0.3) is 5.91 Å². The van der Waals surface area contributed by atoms with Gasteiger partial charge in [-0.3, -0.25) is 19.5 Å². The molecule has 1 aliphatic heterocycles. The van der Waals surface area contributed by atoms with Crippen molar-refractivity contribution >= 4 is 23.2 Å². The predicted octanol–water partition coefficient (Wildman–Crippen LogP) is 0.163. The number of nitrogens with zero attached hydrogens (tertiary/aromatic N) is 3. The van der Waals surface area contributed by atoms with Crippen molar-refractivity contribution in [1.82, 2.24) is 14.8 Å². The SMILES string of the molecule is CC(C)N1CCN(C(=O)c2cncs2)[C@@H](C(N)=O)C1. The molecule has 0 radical (unpaired) electrons. The van der Waals surface area contributed by atoms with Gasteiger partial charge < -0.3 is 10.6 Å². The molecule has 0 aromatic carbocycles. The Morgan fingerprint density at radius 3 is 2.74 bits per heavy atom. The number of primary amides is 1. The Labute approximate surface area is 116 Å². The minimum atomic E-state index is -0.564. The maximum Gasteiger partial charge on any atom is 0.266 e. The van der Waals surface area contributed by atoms with Gasteiger partial charge in [-0.2, -0.15) is 0 Å². The topological polar surface area (TPSA) is 79.5 Å². The van der Waals surface area contributed by atoms with E-state index in [1.54, 1.807) is 10.4 Å². The van der Waals surface area contributed by atoms with Crippen LogP contribution in [0.1, 0.15) is 23.5 Å². The van der Waals surface area contributed by atoms with Crippen LogP contribution in [0.25, 0.3) is 0 Å². The van der Waals surface area contributed by atoms with Crippen LogP contribution in [0.15, 0.2) is 11.7 Å². The summed E-state index contributed by atoms with van der Waals surface area (Å²) in [5, 5.41) is 0. The van der Waals surface area contributed by atoms with Gasteiger partial charge in [0.05, 0.1) is 11.7 Å². The lowest BCUT2D eigenvalue weighted by atomic mass is 10.1. The van der Waals surface area contributed by atoms with Crippen LogP contribution in [0.5, 0.6) is 0 Å². The van der Waals surface area contributed by atoms with Gasteiger partial charge >= 0.3 is 0 Å². The van der Waals surface area contributed by atoms with Crippen molar-refractivity contribution < 1.29 is 9.59 Å². The second kappa shape index (κ2) is 5.66. The van der Waals surface area contributed by atoms with Crippen molar-refractivity contribution in [3.63, 3.8) is 0 Å². The van der Waals surface area contributed by atoms with Crippen molar-refractivity contribution in [1.29, 1.82) is 0 Å². The Bertz CT molecular complexity index is 460. The summed E-state index contributed by atoms with van der Waals surface area (Å²) in [7, 11) is 0. The Hall–Kier alpha value is -1.47. The van der Waals surface area contributed by atoms with Gasteiger partial charge in [0, 0.05) is 25.7 Å². The number of amides is 2. The van der Waals surface area contributed by atoms with Crippen molar-refractivity contribution in [2.45, 2.75) is 25.9 Å². The molecular weight excluding hydrogens is 264 g/mol. The van der Waals surface area contributed by atoms with Gasteiger partial charge in [-0.15, -0.1) is 11.3 Å². The zero-order valence-electron chi connectivity index (χ0n) is 11.1. The second-order valence-corrected chi connectivity index (χ2v) is 5.76. The summed E-state index contributed by atoms with van der Waals surface area (Å²) in [6.45, 7) is 5.91. The van der Waals surface area contributed by atoms with Crippen molar-refractivity contribution in [3.8, 4) is 0 Å². The molecule has 1 saturated heterocycles. The summed E-state index contributed by atoms with van der Waals surface area (Å²) < 4.78 is 0. The van der Waals surface area contributed by atoms with E-state index in [-0.39, 0.29) is 5.91 Å². The molecule has 1 aromatic rings. The maximum atomic E-state index is 12.3. The van der Waals surface area contributed by atoms with Crippen LogP contribution >= 0.6 is 11.3 Å². The third kappa shape index (κ3) is 2.93. The number of carbonyl (C=O) groups excluding carboxylic acids is 2. The van der Waals surface area contributed by atoms with E-state index in [9.17, 15) is 9.59 Å². The molecule has 2 amide bonds. The molecule has 1 fully saturated rings. The van der Waals surface area contributed by atoms with E-state index in [2.05, 4.69) is 23.7 Å². The summed E-state index contributed by atoms with van der Waals surface area (Å²) in [4.78, 5) is 32.1. The Kier molecular flexibility index (Phi) is 4.16. The first-order chi connectivity index (χ1) is 9.00. The number of hydrogen-bond acceptors (Lipinski definition) is 5. The number of hydrogen-bond donors (Lipinski definition) is 1. The van der Waals surface area contributed by atoms with Crippen molar-refractivity contribution in [3.05, 3.63) is 16.6 Å². The highest BCUT2D eigenvalue weighted by Gasteiger charge is 2.35. The van der Waals surface area contributed by atoms with Crippen LogP contribution in [0.2, 0.25) is 0 Å². The smallest absolute Gasteiger partial charge is 0.266 e. The minimum absolute atomic E-state index is 0.158. The van der Waals surface area contributed by atoms with E-state index >= 15 is 0 Å². The number of thiazole rings is 1. The highest BCUT2D eigenvalue weighted by atomic mass is 32.1. The molecule has 2 rings (SSSR count). The Morgan fingerprint density at radius 2 is 2.21 bits per heavy atom. The second-order valence-electron chi connectivity index (χ2n) is 4.87. The molecular formula is C12H18N4O2S. The molecule has 0 spiro atoms. The first-order valence-corrected chi connectivity index (χ1v) is 7.11. The molecule has 0 saturated carbocycles. The summed E-state index contributed by atoms with van der Waals surface area (Å²) in [5.74, 6) is -0.613.